The fourth-order valence-corrected chi connectivity index (χ4v) is 2.86. The van der Waals surface area contributed by atoms with Crippen LogP contribution in [-0.2, 0) is 11.8 Å². The van der Waals surface area contributed by atoms with Crippen LogP contribution in [0.5, 0.6) is 0 Å². The predicted molar refractivity (Wildman–Crippen MR) is 98.6 cm³/mol. The lowest BCUT2D eigenvalue weighted by Gasteiger charge is -2.26. The standard InChI is InChI=1S/C20H18FN5O/c1-20(2,8-15-11-23-12-25-15)16-7-14(4-5-17(16)21)26-19(27)18-6-3-13(9-22)10-24-18/h3-7,10-12H,8H2,1-2H3,(H,23,25)(H,26,27). The van der Waals surface area contributed by atoms with Crippen LogP contribution < -0.4 is 5.32 Å². The van der Waals surface area contributed by atoms with Crippen LogP contribution in [0.25, 0.3) is 0 Å². The highest BCUT2D eigenvalue weighted by Crippen LogP contribution is 2.31. The average Bonchev–Trinajstić information content (AvgIpc) is 3.15. The number of nitriles is 1. The van der Waals surface area contributed by atoms with Crippen molar-refractivity contribution in [2.75, 3.05) is 5.32 Å². The van der Waals surface area contributed by atoms with Crippen LogP contribution in [-0.4, -0.2) is 20.9 Å². The summed E-state index contributed by atoms with van der Waals surface area (Å²) in [4.78, 5) is 23.3. The summed E-state index contributed by atoms with van der Waals surface area (Å²) in [6, 6.07) is 9.42. The van der Waals surface area contributed by atoms with Gasteiger partial charge in [0.15, 0.2) is 0 Å². The van der Waals surface area contributed by atoms with E-state index < -0.39 is 11.3 Å². The normalized spacial score (nSPS) is 11.0. The summed E-state index contributed by atoms with van der Waals surface area (Å²) in [7, 11) is 0. The molecule has 0 atom stereocenters. The van der Waals surface area contributed by atoms with Crippen LogP contribution in [0.1, 0.15) is 41.2 Å². The molecule has 3 rings (SSSR count). The van der Waals surface area contributed by atoms with Crippen molar-refractivity contribution in [3.8, 4) is 6.07 Å². The number of carbonyl (C=O) groups excluding carboxylic acids is 1. The van der Waals surface area contributed by atoms with Crippen molar-refractivity contribution in [3.63, 3.8) is 0 Å². The van der Waals surface area contributed by atoms with Gasteiger partial charge in [-0.15, -0.1) is 0 Å². The number of benzene rings is 1. The molecule has 2 N–H and O–H groups in total. The lowest BCUT2D eigenvalue weighted by atomic mass is 9.80. The molecule has 0 saturated heterocycles. The van der Waals surface area contributed by atoms with Gasteiger partial charge in [-0.05, 0) is 47.7 Å². The van der Waals surface area contributed by atoms with Crippen molar-refractivity contribution in [2.45, 2.75) is 25.7 Å². The number of aromatic nitrogens is 3. The molecular weight excluding hydrogens is 345 g/mol. The van der Waals surface area contributed by atoms with Gasteiger partial charge in [0.25, 0.3) is 5.91 Å². The van der Waals surface area contributed by atoms with Gasteiger partial charge in [0, 0.05) is 23.8 Å². The minimum Gasteiger partial charge on any atom is -0.348 e. The number of hydrogen-bond acceptors (Lipinski definition) is 4. The molecule has 1 aromatic carbocycles. The molecular formula is C20H18FN5O. The molecule has 27 heavy (non-hydrogen) atoms. The Balaban J connectivity index is 1.82. The van der Waals surface area contributed by atoms with Crippen LogP contribution in [0.3, 0.4) is 0 Å². The first-order chi connectivity index (χ1) is 12.9. The maximum absolute atomic E-state index is 14.5. The van der Waals surface area contributed by atoms with E-state index in [9.17, 15) is 9.18 Å². The monoisotopic (exact) mass is 363 g/mol. The molecule has 0 spiro atoms. The van der Waals surface area contributed by atoms with E-state index in [2.05, 4.69) is 20.3 Å². The van der Waals surface area contributed by atoms with E-state index >= 15 is 0 Å². The molecule has 3 aromatic rings. The molecule has 0 aliphatic carbocycles. The van der Waals surface area contributed by atoms with Gasteiger partial charge in [-0.25, -0.2) is 14.4 Å². The third-order valence-electron chi connectivity index (χ3n) is 4.27. The van der Waals surface area contributed by atoms with Gasteiger partial charge in [-0.2, -0.15) is 5.26 Å². The van der Waals surface area contributed by atoms with E-state index in [-0.39, 0.29) is 11.5 Å². The Hall–Kier alpha value is -3.53. The number of H-pyrrole nitrogens is 1. The second-order valence-electron chi connectivity index (χ2n) is 6.83. The number of nitrogens with one attached hydrogen (secondary N) is 2. The van der Waals surface area contributed by atoms with E-state index in [0.717, 1.165) is 5.69 Å². The van der Waals surface area contributed by atoms with Crippen molar-refractivity contribution >= 4 is 11.6 Å². The number of nitrogens with zero attached hydrogens (tertiary/aromatic N) is 3. The van der Waals surface area contributed by atoms with Crippen molar-refractivity contribution in [1.29, 1.82) is 5.26 Å². The van der Waals surface area contributed by atoms with E-state index in [0.29, 0.717) is 23.2 Å². The number of imidazole rings is 1. The lowest BCUT2D eigenvalue weighted by Crippen LogP contribution is -2.23. The third kappa shape index (κ3) is 4.18. The summed E-state index contributed by atoms with van der Waals surface area (Å²) in [6.07, 6.45) is 5.20. The number of hydrogen-bond donors (Lipinski definition) is 2. The highest BCUT2D eigenvalue weighted by atomic mass is 19.1. The van der Waals surface area contributed by atoms with Crippen LogP contribution in [0.15, 0.2) is 49.1 Å². The Kier molecular flexibility index (Phi) is 4.99. The Morgan fingerprint density at radius 1 is 1.30 bits per heavy atom. The van der Waals surface area contributed by atoms with Gasteiger partial charge in [0.05, 0.1) is 11.9 Å². The Bertz CT molecular complexity index is 988. The highest BCUT2D eigenvalue weighted by molar-refractivity contribution is 6.02. The summed E-state index contributed by atoms with van der Waals surface area (Å²) >= 11 is 0. The fourth-order valence-electron chi connectivity index (χ4n) is 2.86. The van der Waals surface area contributed by atoms with E-state index in [1.807, 2.05) is 19.9 Å². The first kappa shape index (κ1) is 18.3. The SMILES string of the molecule is CC(C)(Cc1cnc[nH]1)c1cc(NC(=O)c2ccc(C#N)cn2)ccc1F. The lowest BCUT2D eigenvalue weighted by molar-refractivity contribution is 0.102. The molecule has 6 nitrogen and oxygen atoms in total. The van der Waals surface area contributed by atoms with Crippen molar-refractivity contribution in [1.82, 2.24) is 15.0 Å². The Labute approximate surface area is 156 Å². The molecule has 1 amide bonds. The number of amides is 1. The van der Waals surface area contributed by atoms with Gasteiger partial charge in [-0.3, -0.25) is 4.79 Å². The van der Waals surface area contributed by atoms with Gasteiger partial charge >= 0.3 is 0 Å². The van der Waals surface area contributed by atoms with Crippen LogP contribution in [0.4, 0.5) is 10.1 Å². The smallest absolute Gasteiger partial charge is 0.274 e. The molecule has 2 aromatic heterocycles. The van der Waals surface area contributed by atoms with E-state index in [4.69, 9.17) is 5.26 Å². The largest absolute Gasteiger partial charge is 0.348 e. The number of halogens is 1. The second-order valence-corrected chi connectivity index (χ2v) is 6.83. The maximum Gasteiger partial charge on any atom is 0.274 e. The molecule has 7 heteroatoms. The number of carbonyl (C=O) groups is 1. The number of rotatable bonds is 5. The predicted octanol–water partition coefficient (Wildman–Crippen LogP) is 3.59. The zero-order valence-corrected chi connectivity index (χ0v) is 15.0. The molecule has 0 saturated carbocycles. The second kappa shape index (κ2) is 7.38. The summed E-state index contributed by atoms with van der Waals surface area (Å²) in [5.41, 5.74) is 1.90. The van der Waals surface area contributed by atoms with Crippen LogP contribution in [0.2, 0.25) is 0 Å². The third-order valence-corrected chi connectivity index (χ3v) is 4.27. The molecule has 0 unspecified atom stereocenters. The molecule has 2 heterocycles. The maximum atomic E-state index is 14.5. The molecule has 0 fully saturated rings. The minimum atomic E-state index is -0.510. The van der Waals surface area contributed by atoms with Crippen LogP contribution in [0, 0.1) is 17.1 Å². The summed E-state index contributed by atoms with van der Waals surface area (Å²) < 4.78 is 14.5. The van der Waals surface area contributed by atoms with E-state index in [1.165, 1.54) is 30.5 Å². The van der Waals surface area contributed by atoms with Gasteiger partial charge in [0.2, 0.25) is 0 Å². The van der Waals surface area contributed by atoms with Gasteiger partial charge in [-0.1, -0.05) is 13.8 Å². The Morgan fingerprint density at radius 2 is 2.11 bits per heavy atom. The molecule has 0 radical (unpaired) electrons. The fraction of sp³-hybridized carbons (Fsp3) is 0.200. The van der Waals surface area contributed by atoms with Crippen molar-refractivity contribution < 1.29 is 9.18 Å². The molecule has 136 valence electrons. The van der Waals surface area contributed by atoms with Gasteiger partial charge in [0.1, 0.15) is 17.6 Å². The van der Waals surface area contributed by atoms with E-state index in [1.54, 1.807) is 18.6 Å². The van der Waals surface area contributed by atoms with Crippen molar-refractivity contribution in [2.24, 2.45) is 0 Å². The number of anilines is 1. The summed E-state index contributed by atoms with van der Waals surface area (Å²) in [5.74, 6) is -0.766. The first-order valence-electron chi connectivity index (χ1n) is 8.34. The molecule has 0 bridgehead atoms. The quantitative estimate of drug-likeness (QED) is 0.724. The highest BCUT2D eigenvalue weighted by Gasteiger charge is 2.26. The Morgan fingerprint density at radius 3 is 2.74 bits per heavy atom. The van der Waals surface area contributed by atoms with Gasteiger partial charge < -0.3 is 10.3 Å². The van der Waals surface area contributed by atoms with Crippen molar-refractivity contribution in [3.05, 3.63) is 77.4 Å². The average molecular weight is 363 g/mol. The number of pyridine rings is 1. The molecule has 0 aliphatic rings. The molecule has 0 aliphatic heterocycles. The first-order valence-corrected chi connectivity index (χ1v) is 8.34. The zero-order chi connectivity index (χ0) is 19.4. The van der Waals surface area contributed by atoms with Crippen LogP contribution >= 0.6 is 0 Å². The summed E-state index contributed by atoms with van der Waals surface area (Å²) in [5, 5.41) is 11.5. The minimum absolute atomic E-state index is 0.177. The zero-order valence-electron chi connectivity index (χ0n) is 15.0. The number of aromatic amines is 1. The summed E-state index contributed by atoms with van der Waals surface area (Å²) in [6.45, 7) is 3.86. The topological polar surface area (TPSA) is 94.5 Å².